The van der Waals surface area contributed by atoms with Crippen molar-refractivity contribution in [1.29, 1.82) is 0 Å². The van der Waals surface area contributed by atoms with Crippen molar-refractivity contribution in [2.75, 3.05) is 32.1 Å². The van der Waals surface area contributed by atoms with Gasteiger partial charge < -0.3 is 15.4 Å². The Kier molecular flexibility index (Phi) is 7.68. The van der Waals surface area contributed by atoms with E-state index in [1.807, 2.05) is 0 Å². The first-order chi connectivity index (χ1) is 14.1. The molecule has 0 saturated carbocycles. The van der Waals surface area contributed by atoms with Crippen molar-refractivity contribution in [3.05, 3.63) is 39.8 Å². The van der Waals surface area contributed by atoms with Crippen LogP contribution in [0.15, 0.2) is 24.3 Å². The molecule has 1 aliphatic rings. The Labute approximate surface area is 174 Å². The molecular weight excluding hydrogens is 390 g/mol. The third-order valence-corrected chi connectivity index (χ3v) is 5.85. The second-order valence-electron chi connectivity index (χ2n) is 7.10. The monoisotopic (exact) mass is 417 g/mol. The van der Waals surface area contributed by atoms with Crippen LogP contribution in [0.4, 0.5) is 5.69 Å². The number of piperidine rings is 1. The lowest BCUT2D eigenvalue weighted by Crippen LogP contribution is -2.42. The predicted molar refractivity (Wildman–Crippen MR) is 112 cm³/mol. The van der Waals surface area contributed by atoms with Crippen LogP contribution < -0.4 is 10.6 Å². The highest BCUT2D eigenvalue weighted by atomic mass is 32.1. The number of anilines is 1. The highest BCUT2D eigenvalue weighted by Gasteiger charge is 2.18. The molecular formula is C20H27N5O3S. The number of rotatable bonds is 8. The van der Waals surface area contributed by atoms with Gasteiger partial charge in [-0.25, -0.2) is 0 Å². The first kappa shape index (κ1) is 21.4. The van der Waals surface area contributed by atoms with Gasteiger partial charge in [0.1, 0.15) is 5.01 Å². The molecule has 0 radical (unpaired) electrons. The number of carbonyl (C=O) groups is 2. The average Bonchev–Trinajstić information content (AvgIpc) is 3.19. The molecule has 1 aliphatic heterocycles. The SMILES string of the molecule is COCc1nnc(C(=O)Nc2ccc(C(=O)NCCN3CCCCC3C)cc2)s1. The van der Waals surface area contributed by atoms with Gasteiger partial charge in [-0.1, -0.05) is 17.8 Å². The van der Waals surface area contributed by atoms with E-state index in [4.69, 9.17) is 4.74 Å². The second kappa shape index (κ2) is 10.4. The summed E-state index contributed by atoms with van der Waals surface area (Å²) in [5, 5.41) is 14.4. The molecule has 29 heavy (non-hydrogen) atoms. The van der Waals surface area contributed by atoms with Gasteiger partial charge in [-0.3, -0.25) is 14.5 Å². The number of hydrogen-bond acceptors (Lipinski definition) is 7. The van der Waals surface area contributed by atoms with E-state index in [2.05, 4.69) is 32.7 Å². The zero-order valence-electron chi connectivity index (χ0n) is 16.8. The maximum Gasteiger partial charge on any atom is 0.286 e. The van der Waals surface area contributed by atoms with E-state index in [1.165, 1.54) is 30.6 Å². The first-order valence-corrected chi connectivity index (χ1v) is 10.6. The Hall–Kier alpha value is -2.36. The molecule has 1 aromatic carbocycles. The van der Waals surface area contributed by atoms with Crippen LogP contribution in [-0.4, -0.2) is 59.7 Å². The number of carbonyl (C=O) groups excluding carboxylic acids is 2. The maximum absolute atomic E-state index is 12.3. The van der Waals surface area contributed by atoms with Crippen LogP contribution in [0.1, 0.15) is 51.4 Å². The van der Waals surface area contributed by atoms with Crippen molar-refractivity contribution in [3.63, 3.8) is 0 Å². The molecule has 3 rings (SSSR count). The van der Waals surface area contributed by atoms with Crippen molar-refractivity contribution in [2.45, 2.75) is 38.8 Å². The molecule has 0 spiro atoms. The summed E-state index contributed by atoms with van der Waals surface area (Å²) in [6, 6.07) is 7.39. The Bertz CT molecular complexity index is 824. The lowest BCUT2D eigenvalue weighted by molar-refractivity contribution is 0.0938. The summed E-state index contributed by atoms with van der Waals surface area (Å²) >= 11 is 1.19. The van der Waals surface area contributed by atoms with E-state index in [0.717, 1.165) is 13.1 Å². The van der Waals surface area contributed by atoms with Gasteiger partial charge in [0, 0.05) is 37.5 Å². The van der Waals surface area contributed by atoms with E-state index >= 15 is 0 Å². The van der Waals surface area contributed by atoms with E-state index in [9.17, 15) is 9.59 Å². The molecule has 8 nitrogen and oxygen atoms in total. The van der Waals surface area contributed by atoms with Crippen molar-refractivity contribution < 1.29 is 14.3 Å². The molecule has 2 N–H and O–H groups in total. The van der Waals surface area contributed by atoms with Crippen molar-refractivity contribution in [2.24, 2.45) is 0 Å². The Morgan fingerprint density at radius 3 is 2.72 bits per heavy atom. The van der Waals surface area contributed by atoms with Crippen molar-refractivity contribution in [1.82, 2.24) is 20.4 Å². The number of benzene rings is 1. The maximum atomic E-state index is 12.3. The van der Waals surface area contributed by atoms with Crippen LogP contribution in [0.5, 0.6) is 0 Å². The van der Waals surface area contributed by atoms with Crippen LogP contribution in [0.2, 0.25) is 0 Å². The van der Waals surface area contributed by atoms with Gasteiger partial charge in [-0.05, 0) is 50.6 Å². The molecule has 1 unspecified atom stereocenters. The summed E-state index contributed by atoms with van der Waals surface area (Å²) in [7, 11) is 1.56. The molecule has 1 fully saturated rings. The largest absolute Gasteiger partial charge is 0.377 e. The summed E-state index contributed by atoms with van der Waals surface area (Å²) in [4.78, 5) is 27.0. The van der Waals surface area contributed by atoms with E-state index < -0.39 is 0 Å². The van der Waals surface area contributed by atoms with Gasteiger partial charge in [0.05, 0.1) is 6.61 Å². The number of hydrogen-bond donors (Lipinski definition) is 2. The van der Waals surface area contributed by atoms with Crippen LogP contribution in [0.3, 0.4) is 0 Å². The lowest BCUT2D eigenvalue weighted by Gasteiger charge is -2.33. The Morgan fingerprint density at radius 2 is 2.00 bits per heavy atom. The minimum absolute atomic E-state index is 0.110. The van der Waals surface area contributed by atoms with Gasteiger partial charge in [0.25, 0.3) is 11.8 Å². The van der Waals surface area contributed by atoms with Gasteiger partial charge in [-0.15, -0.1) is 10.2 Å². The van der Waals surface area contributed by atoms with E-state index in [0.29, 0.717) is 35.5 Å². The quantitative estimate of drug-likeness (QED) is 0.685. The van der Waals surface area contributed by atoms with Crippen molar-refractivity contribution in [3.8, 4) is 0 Å². The molecule has 156 valence electrons. The van der Waals surface area contributed by atoms with Gasteiger partial charge in [0.15, 0.2) is 0 Å². The number of likely N-dealkylation sites (tertiary alicyclic amines) is 1. The molecule has 1 aromatic heterocycles. The minimum atomic E-state index is -0.335. The fourth-order valence-electron chi connectivity index (χ4n) is 3.32. The summed E-state index contributed by atoms with van der Waals surface area (Å²) in [6.07, 6.45) is 3.75. The topological polar surface area (TPSA) is 96.5 Å². The number of methoxy groups -OCH3 is 1. The number of ether oxygens (including phenoxy) is 1. The number of nitrogens with one attached hydrogen (secondary N) is 2. The standard InChI is InChI=1S/C20H27N5O3S/c1-14-5-3-4-11-25(14)12-10-21-18(26)15-6-8-16(9-7-15)22-19(27)20-24-23-17(29-20)13-28-2/h6-9,14H,3-5,10-13H2,1-2H3,(H,21,26)(H,22,27). The molecule has 2 aromatic rings. The molecule has 9 heteroatoms. The summed E-state index contributed by atoms with van der Waals surface area (Å²) in [6.45, 7) is 5.17. The third-order valence-electron chi connectivity index (χ3n) is 4.96. The van der Waals surface area contributed by atoms with Crippen LogP contribution in [-0.2, 0) is 11.3 Å². The number of aromatic nitrogens is 2. The predicted octanol–water partition coefficient (Wildman–Crippen LogP) is 2.54. The Morgan fingerprint density at radius 1 is 1.21 bits per heavy atom. The van der Waals surface area contributed by atoms with E-state index in [1.54, 1.807) is 31.4 Å². The Balaban J connectivity index is 1.47. The third kappa shape index (κ3) is 6.06. The highest BCUT2D eigenvalue weighted by molar-refractivity contribution is 7.13. The summed E-state index contributed by atoms with van der Waals surface area (Å²) < 4.78 is 4.98. The highest BCUT2D eigenvalue weighted by Crippen LogP contribution is 2.16. The first-order valence-electron chi connectivity index (χ1n) is 9.82. The number of nitrogens with zero attached hydrogens (tertiary/aromatic N) is 3. The zero-order valence-corrected chi connectivity index (χ0v) is 17.6. The normalized spacial score (nSPS) is 17.1. The second-order valence-corrected chi connectivity index (χ2v) is 8.16. The van der Waals surface area contributed by atoms with E-state index in [-0.39, 0.29) is 16.8 Å². The van der Waals surface area contributed by atoms with Crippen LogP contribution in [0, 0.1) is 0 Å². The van der Waals surface area contributed by atoms with Gasteiger partial charge in [0.2, 0.25) is 5.01 Å². The minimum Gasteiger partial charge on any atom is -0.377 e. The van der Waals surface area contributed by atoms with Crippen molar-refractivity contribution >= 4 is 28.8 Å². The molecule has 2 amide bonds. The van der Waals surface area contributed by atoms with Crippen LogP contribution >= 0.6 is 11.3 Å². The lowest BCUT2D eigenvalue weighted by atomic mass is 10.0. The summed E-state index contributed by atoms with van der Waals surface area (Å²) in [5.74, 6) is -0.446. The van der Waals surface area contributed by atoms with Crippen LogP contribution in [0.25, 0.3) is 0 Å². The number of amides is 2. The van der Waals surface area contributed by atoms with Gasteiger partial charge >= 0.3 is 0 Å². The van der Waals surface area contributed by atoms with Gasteiger partial charge in [-0.2, -0.15) is 0 Å². The molecule has 0 aliphatic carbocycles. The summed E-state index contributed by atoms with van der Waals surface area (Å²) in [5.41, 5.74) is 1.16. The fraction of sp³-hybridized carbons (Fsp3) is 0.500. The zero-order chi connectivity index (χ0) is 20.6. The molecule has 1 saturated heterocycles. The molecule has 2 heterocycles. The average molecular weight is 418 g/mol. The smallest absolute Gasteiger partial charge is 0.286 e. The molecule has 0 bridgehead atoms. The molecule has 1 atom stereocenters. The fourth-order valence-corrected chi connectivity index (χ4v) is 4.03.